The van der Waals surface area contributed by atoms with Crippen molar-refractivity contribution in [2.45, 2.75) is 75.8 Å². The van der Waals surface area contributed by atoms with Gasteiger partial charge in [-0.15, -0.1) is 0 Å². The number of hydrogen-bond donors (Lipinski definition) is 0. The normalized spacial score (nSPS) is 19.6. The van der Waals surface area contributed by atoms with Crippen LogP contribution in [0.5, 0.6) is 0 Å². The van der Waals surface area contributed by atoms with Crippen LogP contribution in [0.3, 0.4) is 0 Å². The van der Waals surface area contributed by atoms with Crippen LogP contribution in [0.15, 0.2) is 17.0 Å². The van der Waals surface area contributed by atoms with E-state index in [1.165, 1.54) is 12.1 Å². The minimum absolute atomic E-state index is 0.0372. The Labute approximate surface area is 143 Å². The van der Waals surface area contributed by atoms with Gasteiger partial charge in [0.25, 0.3) is 5.69 Å². The second kappa shape index (κ2) is 6.44. The van der Waals surface area contributed by atoms with Crippen molar-refractivity contribution in [3.63, 3.8) is 0 Å². The summed E-state index contributed by atoms with van der Waals surface area (Å²) in [7, 11) is -3.72. The highest BCUT2D eigenvalue weighted by Gasteiger charge is 2.43. The number of non-ortho nitro benzene ring substituents is 1. The molecule has 0 amide bonds. The summed E-state index contributed by atoms with van der Waals surface area (Å²) in [5, 5.41) is 11.2. The highest BCUT2D eigenvalue weighted by atomic mass is 32.2. The van der Waals surface area contributed by atoms with Crippen molar-refractivity contribution in [1.82, 2.24) is 4.31 Å². The lowest BCUT2D eigenvalue weighted by molar-refractivity contribution is -0.385. The summed E-state index contributed by atoms with van der Waals surface area (Å²) in [6.07, 6.45) is 6.83. The van der Waals surface area contributed by atoms with Crippen molar-refractivity contribution in [2.24, 2.45) is 0 Å². The average Bonchev–Trinajstić information content (AvgIpc) is 3.35. The second-order valence-corrected chi connectivity index (χ2v) is 8.81. The van der Waals surface area contributed by atoms with E-state index in [2.05, 4.69) is 0 Å². The van der Waals surface area contributed by atoms with E-state index in [0.29, 0.717) is 11.1 Å². The number of sulfonamides is 1. The minimum Gasteiger partial charge on any atom is -0.258 e. The zero-order chi connectivity index (χ0) is 17.5. The van der Waals surface area contributed by atoms with Gasteiger partial charge in [0.2, 0.25) is 10.0 Å². The van der Waals surface area contributed by atoms with Gasteiger partial charge >= 0.3 is 0 Å². The van der Waals surface area contributed by atoms with Crippen molar-refractivity contribution >= 4 is 15.7 Å². The molecule has 7 heteroatoms. The predicted octanol–water partition coefficient (Wildman–Crippen LogP) is 3.70. The summed E-state index contributed by atoms with van der Waals surface area (Å²) in [4.78, 5) is 10.7. The first-order valence-electron chi connectivity index (χ1n) is 8.61. The maximum atomic E-state index is 13.4. The summed E-state index contributed by atoms with van der Waals surface area (Å²) < 4.78 is 28.4. The molecule has 1 aromatic carbocycles. The van der Waals surface area contributed by atoms with E-state index in [-0.39, 0.29) is 22.7 Å². The van der Waals surface area contributed by atoms with Gasteiger partial charge in [-0.05, 0) is 50.7 Å². The molecule has 2 fully saturated rings. The van der Waals surface area contributed by atoms with Crippen molar-refractivity contribution < 1.29 is 13.3 Å². The topological polar surface area (TPSA) is 80.5 Å². The van der Waals surface area contributed by atoms with Gasteiger partial charge in [-0.2, -0.15) is 4.31 Å². The largest absolute Gasteiger partial charge is 0.271 e. The fourth-order valence-electron chi connectivity index (χ4n) is 3.65. The predicted molar refractivity (Wildman–Crippen MR) is 91.5 cm³/mol. The van der Waals surface area contributed by atoms with E-state index < -0.39 is 14.9 Å². The monoisotopic (exact) mass is 352 g/mol. The molecule has 0 aliphatic heterocycles. The van der Waals surface area contributed by atoms with Crippen LogP contribution in [0.25, 0.3) is 0 Å². The Morgan fingerprint density at radius 2 is 1.62 bits per heavy atom. The number of aryl methyl sites for hydroxylation is 1. The van der Waals surface area contributed by atoms with Crippen LogP contribution in [0.1, 0.15) is 56.1 Å². The van der Waals surface area contributed by atoms with E-state index >= 15 is 0 Å². The Kier molecular flexibility index (Phi) is 4.66. The van der Waals surface area contributed by atoms with Gasteiger partial charge in [0.05, 0.1) is 9.82 Å². The molecule has 2 saturated carbocycles. The maximum Gasteiger partial charge on any atom is 0.271 e. The van der Waals surface area contributed by atoms with Gasteiger partial charge in [0, 0.05) is 24.2 Å². The van der Waals surface area contributed by atoms with Gasteiger partial charge in [0.1, 0.15) is 0 Å². The number of nitro benzene ring substituents is 1. The second-order valence-electron chi connectivity index (χ2n) is 7.00. The Bertz CT molecular complexity index is 750. The van der Waals surface area contributed by atoms with E-state index in [0.717, 1.165) is 44.9 Å². The molecule has 3 rings (SSSR count). The average molecular weight is 352 g/mol. The molecule has 0 atom stereocenters. The first-order valence-corrected chi connectivity index (χ1v) is 10.1. The molecule has 0 spiro atoms. The van der Waals surface area contributed by atoms with Gasteiger partial charge in [-0.25, -0.2) is 8.42 Å². The van der Waals surface area contributed by atoms with Crippen LogP contribution in [-0.2, 0) is 10.0 Å². The highest BCUT2D eigenvalue weighted by molar-refractivity contribution is 7.89. The molecule has 0 saturated heterocycles. The fraction of sp³-hybridized carbons (Fsp3) is 0.647. The molecule has 0 radical (unpaired) electrons. The standard InChI is InChI=1S/C17H24N2O4S/c1-12-10-16(19(20)21)11-17(13(12)2)24(22,23)18(15-8-9-15)14-6-4-3-5-7-14/h10-11,14-15H,3-9H2,1-2H3. The summed E-state index contributed by atoms with van der Waals surface area (Å²) in [5.41, 5.74) is 1.10. The van der Waals surface area contributed by atoms with Crippen LogP contribution >= 0.6 is 0 Å². The SMILES string of the molecule is Cc1cc([N+](=O)[O-])cc(S(=O)(=O)N(C2CCCCC2)C2CC2)c1C. The molecule has 6 nitrogen and oxygen atoms in total. The summed E-state index contributed by atoms with van der Waals surface area (Å²) in [5.74, 6) is 0. The molecule has 0 unspecified atom stereocenters. The van der Waals surface area contributed by atoms with Gasteiger partial charge in [-0.1, -0.05) is 19.3 Å². The van der Waals surface area contributed by atoms with Crippen molar-refractivity contribution in [3.8, 4) is 0 Å². The Morgan fingerprint density at radius 1 is 1.04 bits per heavy atom. The third-order valence-corrected chi connectivity index (χ3v) is 7.34. The molecule has 1 aromatic rings. The quantitative estimate of drug-likeness (QED) is 0.598. The number of hydrogen-bond acceptors (Lipinski definition) is 4. The number of nitrogens with zero attached hydrogens (tertiary/aromatic N) is 2. The number of benzene rings is 1. The van der Waals surface area contributed by atoms with E-state index in [9.17, 15) is 18.5 Å². The number of nitro groups is 1. The molecular formula is C17H24N2O4S. The van der Waals surface area contributed by atoms with Crippen molar-refractivity contribution in [2.75, 3.05) is 0 Å². The van der Waals surface area contributed by atoms with Crippen LogP contribution in [0.4, 0.5) is 5.69 Å². The summed E-state index contributed by atoms with van der Waals surface area (Å²) in [6.45, 7) is 3.46. The minimum atomic E-state index is -3.72. The lowest BCUT2D eigenvalue weighted by Gasteiger charge is -2.34. The van der Waals surface area contributed by atoms with E-state index in [4.69, 9.17) is 0 Å². The first-order chi connectivity index (χ1) is 11.3. The lowest BCUT2D eigenvalue weighted by Crippen LogP contribution is -2.43. The van der Waals surface area contributed by atoms with Crippen molar-refractivity contribution in [1.29, 1.82) is 0 Å². The molecule has 2 aliphatic carbocycles. The van der Waals surface area contributed by atoms with Crippen LogP contribution in [-0.4, -0.2) is 29.7 Å². The molecule has 24 heavy (non-hydrogen) atoms. The Balaban J connectivity index is 2.06. The van der Waals surface area contributed by atoms with Crippen LogP contribution < -0.4 is 0 Å². The number of rotatable bonds is 5. The molecule has 132 valence electrons. The first kappa shape index (κ1) is 17.4. The van der Waals surface area contributed by atoms with Gasteiger partial charge in [-0.3, -0.25) is 10.1 Å². The van der Waals surface area contributed by atoms with Crippen LogP contribution in [0.2, 0.25) is 0 Å². The van der Waals surface area contributed by atoms with Crippen LogP contribution in [0, 0.1) is 24.0 Å². The van der Waals surface area contributed by atoms with Crippen molar-refractivity contribution in [3.05, 3.63) is 33.4 Å². The van der Waals surface area contributed by atoms with E-state index in [1.807, 2.05) is 0 Å². The summed E-state index contributed by atoms with van der Waals surface area (Å²) >= 11 is 0. The van der Waals surface area contributed by atoms with E-state index in [1.54, 1.807) is 18.2 Å². The smallest absolute Gasteiger partial charge is 0.258 e. The third-order valence-electron chi connectivity index (χ3n) is 5.21. The Morgan fingerprint density at radius 3 is 2.17 bits per heavy atom. The highest BCUT2D eigenvalue weighted by Crippen LogP contribution is 2.39. The zero-order valence-electron chi connectivity index (χ0n) is 14.2. The van der Waals surface area contributed by atoms with Gasteiger partial charge < -0.3 is 0 Å². The lowest BCUT2D eigenvalue weighted by atomic mass is 9.95. The summed E-state index contributed by atoms with van der Waals surface area (Å²) in [6, 6.07) is 2.78. The molecular weight excluding hydrogens is 328 g/mol. The fourth-order valence-corrected chi connectivity index (χ4v) is 5.90. The third kappa shape index (κ3) is 3.19. The molecule has 0 heterocycles. The zero-order valence-corrected chi connectivity index (χ0v) is 15.0. The van der Waals surface area contributed by atoms with Gasteiger partial charge in [0.15, 0.2) is 0 Å². The maximum absolute atomic E-state index is 13.4. The molecule has 0 N–H and O–H groups in total. The Hall–Kier alpha value is -1.47. The molecule has 0 aromatic heterocycles. The molecule has 2 aliphatic rings. The molecule has 0 bridgehead atoms.